The highest BCUT2D eigenvalue weighted by molar-refractivity contribution is 6.31. The molecule has 0 fully saturated rings. The normalized spacial score (nSPS) is 12.4. The van der Waals surface area contributed by atoms with Crippen LogP contribution in [0.3, 0.4) is 0 Å². The number of anilines is 1. The second-order valence-electron chi connectivity index (χ2n) is 4.26. The van der Waals surface area contributed by atoms with Gasteiger partial charge in [-0.1, -0.05) is 41.4 Å². The molecule has 0 amide bonds. The Kier molecular flexibility index (Phi) is 4.64. The zero-order chi connectivity index (χ0) is 13.8. The third-order valence-electron chi connectivity index (χ3n) is 3.02. The molecule has 0 aliphatic rings. The SMILES string of the molecule is CNC(Cc1ccccc1Cl)c1cc(Cl)cnc1N. The van der Waals surface area contributed by atoms with Crippen molar-refractivity contribution in [1.29, 1.82) is 0 Å². The molecule has 0 aliphatic heterocycles. The Labute approximate surface area is 122 Å². The first kappa shape index (κ1) is 14.1. The number of nitrogens with one attached hydrogen (secondary N) is 1. The molecule has 1 aromatic heterocycles. The number of rotatable bonds is 4. The number of hydrogen-bond donors (Lipinski definition) is 2. The number of nitrogen functional groups attached to an aromatic ring is 1. The summed E-state index contributed by atoms with van der Waals surface area (Å²) < 4.78 is 0. The van der Waals surface area contributed by atoms with Crippen LogP contribution in [0.1, 0.15) is 17.2 Å². The number of nitrogens with zero attached hydrogens (tertiary/aromatic N) is 1. The van der Waals surface area contributed by atoms with E-state index in [1.54, 1.807) is 6.20 Å². The maximum absolute atomic E-state index is 6.18. The minimum atomic E-state index is 0.0195. The van der Waals surface area contributed by atoms with Gasteiger partial charge in [0.05, 0.1) is 5.02 Å². The Morgan fingerprint density at radius 1 is 1.32 bits per heavy atom. The van der Waals surface area contributed by atoms with Gasteiger partial charge in [-0.25, -0.2) is 4.98 Å². The van der Waals surface area contributed by atoms with Gasteiger partial charge in [0, 0.05) is 22.8 Å². The maximum atomic E-state index is 6.18. The molecule has 0 radical (unpaired) electrons. The van der Waals surface area contributed by atoms with E-state index in [9.17, 15) is 0 Å². The number of nitrogens with two attached hydrogens (primary N) is 1. The van der Waals surface area contributed by atoms with E-state index in [0.717, 1.165) is 22.6 Å². The average molecular weight is 296 g/mol. The van der Waals surface area contributed by atoms with E-state index in [0.29, 0.717) is 10.8 Å². The number of likely N-dealkylation sites (N-methyl/N-ethyl adjacent to an activating group) is 1. The van der Waals surface area contributed by atoms with Crippen LogP contribution < -0.4 is 11.1 Å². The summed E-state index contributed by atoms with van der Waals surface area (Å²) in [7, 11) is 1.88. The predicted octanol–water partition coefficient (Wildman–Crippen LogP) is 3.47. The number of benzene rings is 1. The van der Waals surface area contributed by atoms with Crippen LogP contribution >= 0.6 is 23.2 Å². The second-order valence-corrected chi connectivity index (χ2v) is 5.11. The molecule has 1 atom stereocenters. The lowest BCUT2D eigenvalue weighted by atomic mass is 9.99. The van der Waals surface area contributed by atoms with Crippen molar-refractivity contribution in [2.24, 2.45) is 0 Å². The predicted molar refractivity (Wildman–Crippen MR) is 80.6 cm³/mol. The first-order valence-electron chi connectivity index (χ1n) is 5.93. The first-order valence-corrected chi connectivity index (χ1v) is 6.69. The Hall–Kier alpha value is -1.29. The smallest absolute Gasteiger partial charge is 0.128 e. The quantitative estimate of drug-likeness (QED) is 0.908. The summed E-state index contributed by atoms with van der Waals surface area (Å²) in [4.78, 5) is 4.08. The van der Waals surface area contributed by atoms with Gasteiger partial charge >= 0.3 is 0 Å². The van der Waals surface area contributed by atoms with Gasteiger partial charge in [0.1, 0.15) is 5.82 Å². The Morgan fingerprint density at radius 3 is 2.74 bits per heavy atom. The van der Waals surface area contributed by atoms with Crippen molar-refractivity contribution >= 4 is 29.0 Å². The standard InChI is InChI=1S/C14H15Cl2N3/c1-18-13(6-9-4-2-3-5-12(9)16)11-7-10(15)8-19-14(11)17/h2-5,7-8,13,18H,6H2,1H3,(H2,17,19). The Balaban J connectivity index is 2.30. The van der Waals surface area contributed by atoms with Gasteiger partial charge in [-0.05, 0) is 31.2 Å². The van der Waals surface area contributed by atoms with Crippen molar-refractivity contribution in [2.75, 3.05) is 12.8 Å². The first-order chi connectivity index (χ1) is 9.11. The molecule has 1 aromatic carbocycles. The van der Waals surface area contributed by atoms with Crippen LogP contribution in [0.25, 0.3) is 0 Å². The molecule has 1 heterocycles. The molecule has 0 spiro atoms. The van der Waals surface area contributed by atoms with Gasteiger partial charge in [0.15, 0.2) is 0 Å². The molecular weight excluding hydrogens is 281 g/mol. The average Bonchev–Trinajstić information content (AvgIpc) is 2.41. The Morgan fingerprint density at radius 2 is 2.05 bits per heavy atom. The van der Waals surface area contributed by atoms with Gasteiger partial charge in [-0.2, -0.15) is 0 Å². The van der Waals surface area contributed by atoms with Crippen LogP contribution in [-0.2, 0) is 6.42 Å². The molecular formula is C14H15Cl2N3. The van der Waals surface area contributed by atoms with E-state index in [2.05, 4.69) is 10.3 Å². The van der Waals surface area contributed by atoms with Crippen molar-refractivity contribution in [3.05, 3.63) is 57.7 Å². The minimum absolute atomic E-state index is 0.0195. The zero-order valence-corrected chi connectivity index (χ0v) is 12.0. The summed E-state index contributed by atoms with van der Waals surface area (Å²) in [6.45, 7) is 0. The molecule has 100 valence electrons. The van der Waals surface area contributed by atoms with Gasteiger partial charge < -0.3 is 11.1 Å². The number of halogens is 2. The van der Waals surface area contributed by atoms with Crippen LogP contribution in [0.5, 0.6) is 0 Å². The van der Waals surface area contributed by atoms with Crippen molar-refractivity contribution < 1.29 is 0 Å². The summed E-state index contributed by atoms with van der Waals surface area (Å²) in [5, 5.41) is 4.54. The number of aromatic nitrogens is 1. The molecule has 0 saturated heterocycles. The molecule has 19 heavy (non-hydrogen) atoms. The number of hydrogen-bond acceptors (Lipinski definition) is 3. The molecule has 3 nitrogen and oxygen atoms in total. The summed E-state index contributed by atoms with van der Waals surface area (Å²) in [5.41, 5.74) is 7.86. The number of pyridine rings is 1. The molecule has 0 saturated carbocycles. The van der Waals surface area contributed by atoms with Gasteiger partial charge in [-0.15, -0.1) is 0 Å². The molecule has 5 heteroatoms. The van der Waals surface area contributed by atoms with Crippen molar-refractivity contribution in [2.45, 2.75) is 12.5 Å². The summed E-state index contributed by atoms with van der Waals surface area (Å²) >= 11 is 12.2. The third kappa shape index (κ3) is 3.38. The van der Waals surface area contributed by atoms with Gasteiger partial charge in [0.2, 0.25) is 0 Å². The van der Waals surface area contributed by atoms with Crippen LogP contribution in [0, 0.1) is 0 Å². The largest absolute Gasteiger partial charge is 0.383 e. The Bertz CT molecular complexity index is 572. The molecule has 2 aromatic rings. The summed E-state index contributed by atoms with van der Waals surface area (Å²) in [5.74, 6) is 0.482. The minimum Gasteiger partial charge on any atom is -0.383 e. The molecule has 1 unspecified atom stereocenters. The fourth-order valence-electron chi connectivity index (χ4n) is 2.00. The van der Waals surface area contributed by atoms with E-state index >= 15 is 0 Å². The molecule has 3 N–H and O–H groups in total. The maximum Gasteiger partial charge on any atom is 0.128 e. The fourth-order valence-corrected chi connectivity index (χ4v) is 2.38. The third-order valence-corrected chi connectivity index (χ3v) is 3.60. The molecule has 0 bridgehead atoms. The summed E-state index contributed by atoms with van der Waals surface area (Å²) in [6.07, 6.45) is 2.27. The highest BCUT2D eigenvalue weighted by Crippen LogP contribution is 2.27. The van der Waals surface area contributed by atoms with Crippen LogP contribution in [0.4, 0.5) is 5.82 Å². The van der Waals surface area contributed by atoms with Crippen LogP contribution in [0.2, 0.25) is 10.0 Å². The van der Waals surface area contributed by atoms with E-state index in [4.69, 9.17) is 28.9 Å². The van der Waals surface area contributed by atoms with E-state index in [-0.39, 0.29) is 6.04 Å². The molecule has 0 aliphatic carbocycles. The lowest BCUT2D eigenvalue weighted by Crippen LogP contribution is -2.20. The van der Waals surface area contributed by atoms with Crippen molar-refractivity contribution in [1.82, 2.24) is 10.3 Å². The highest BCUT2D eigenvalue weighted by atomic mass is 35.5. The fraction of sp³-hybridized carbons (Fsp3) is 0.214. The van der Waals surface area contributed by atoms with Gasteiger partial charge in [-0.3, -0.25) is 0 Å². The van der Waals surface area contributed by atoms with E-state index in [1.807, 2.05) is 37.4 Å². The highest BCUT2D eigenvalue weighted by Gasteiger charge is 2.15. The molecule has 2 rings (SSSR count). The lowest BCUT2D eigenvalue weighted by Gasteiger charge is -2.19. The lowest BCUT2D eigenvalue weighted by molar-refractivity contribution is 0.592. The topological polar surface area (TPSA) is 50.9 Å². The van der Waals surface area contributed by atoms with Crippen LogP contribution in [-0.4, -0.2) is 12.0 Å². The van der Waals surface area contributed by atoms with Gasteiger partial charge in [0.25, 0.3) is 0 Å². The second kappa shape index (κ2) is 6.24. The monoisotopic (exact) mass is 295 g/mol. The zero-order valence-electron chi connectivity index (χ0n) is 10.5. The summed E-state index contributed by atoms with van der Waals surface area (Å²) in [6, 6.07) is 9.61. The van der Waals surface area contributed by atoms with Crippen molar-refractivity contribution in [3.63, 3.8) is 0 Å². The van der Waals surface area contributed by atoms with E-state index < -0.39 is 0 Å². The van der Waals surface area contributed by atoms with Crippen LogP contribution in [0.15, 0.2) is 36.5 Å². The van der Waals surface area contributed by atoms with E-state index in [1.165, 1.54) is 0 Å². The van der Waals surface area contributed by atoms with Crippen molar-refractivity contribution in [3.8, 4) is 0 Å².